The molecule has 0 aliphatic heterocycles. The molecule has 7 heteroatoms. The van der Waals surface area contributed by atoms with E-state index in [0.717, 1.165) is 0 Å². The average molecular weight is 242 g/mol. The maximum Gasteiger partial charge on any atom is 0.422 e. The molecule has 1 aromatic carbocycles. The van der Waals surface area contributed by atoms with Gasteiger partial charge in [0.25, 0.3) is 0 Å². The monoisotopic (exact) mass is 242 g/mol. The Morgan fingerprint density at radius 2 is 1.19 bits per heavy atom. The average Bonchev–Trinajstić information content (AvgIpc) is 2.14. The third-order valence-corrected chi connectivity index (χ3v) is 1.69. The molecule has 0 fully saturated rings. The molecule has 86 valence electrons. The summed E-state index contributed by atoms with van der Waals surface area (Å²) in [5.41, 5.74) is -4.15. The normalized spacial score (nSPS) is 11.4. The van der Waals surface area contributed by atoms with Gasteiger partial charge in [-0.3, -0.25) is 0 Å². The van der Waals surface area contributed by atoms with E-state index in [1.54, 1.807) is 0 Å². The molecule has 0 atom stereocenters. The van der Waals surface area contributed by atoms with Crippen LogP contribution in [0.15, 0.2) is 0 Å². The molecule has 0 radical (unpaired) electrons. The Morgan fingerprint density at radius 3 is 1.44 bits per heavy atom. The minimum atomic E-state index is -5.55. The van der Waals surface area contributed by atoms with Crippen LogP contribution in [0.4, 0.5) is 30.7 Å². The lowest BCUT2D eigenvalue weighted by Gasteiger charge is -2.11. The van der Waals surface area contributed by atoms with E-state index in [2.05, 4.69) is 6.42 Å². The zero-order valence-electron chi connectivity index (χ0n) is 7.22. The highest BCUT2D eigenvalue weighted by atomic mass is 19.4. The molecule has 0 heterocycles. The van der Waals surface area contributed by atoms with Gasteiger partial charge in [-0.2, -0.15) is 13.2 Å². The molecule has 1 rings (SSSR count). The van der Waals surface area contributed by atoms with Crippen molar-refractivity contribution in [2.24, 2.45) is 0 Å². The minimum Gasteiger partial charge on any atom is -0.203 e. The molecular weight excluding hydrogens is 241 g/mol. The maximum atomic E-state index is 12.8. The van der Waals surface area contributed by atoms with Gasteiger partial charge in [0.15, 0.2) is 23.3 Å². The van der Waals surface area contributed by atoms with Gasteiger partial charge in [-0.05, 0) is 0 Å². The quantitative estimate of drug-likeness (QED) is 0.372. The third kappa shape index (κ3) is 1.71. The van der Waals surface area contributed by atoms with Crippen LogP contribution in [0.1, 0.15) is 11.1 Å². The van der Waals surface area contributed by atoms with Crippen LogP contribution in [0.5, 0.6) is 0 Å². The first kappa shape index (κ1) is 12.4. The fourth-order valence-corrected chi connectivity index (χ4v) is 1.01. The molecule has 1 aromatic rings. The summed E-state index contributed by atoms with van der Waals surface area (Å²) >= 11 is 0. The Kier molecular flexibility index (Phi) is 2.86. The summed E-state index contributed by atoms with van der Waals surface area (Å²) in [4.78, 5) is 0. The first-order chi connectivity index (χ1) is 7.21. The molecule has 0 N–H and O–H groups in total. The molecule has 0 unspecified atom stereocenters. The summed E-state index contributed by atoms with van der Waals surface area (Å²) in [6, 6.07) is 0. The first-order valence-corrected chi connectivity index (χ1v) is 3.61. The Hall–Kier alpha value is -1.71. The van der Waals surface area contributed by atoms with Gasteiger partial charge in [-0.1, -0.05) is 5.92 Å². The molecule has 0 spiro atoms. The van der Waals surface area contributed by atoms with Gasteiger partial charge in [0.2, 0.25) is 0 Å². The fraction of sp³-hybridized carbons (Fsp3) is 0.111. The van der Waals surface area contributed by atoms with E-state index < -0.39 is 40.6 Å². The van der Waals surface area contributed by atoms with Gasteiger partial charge in [0.1, 0.15) is 11.1 Å². The van der Waals surface area contributed by atoms with E-state index >= 15 is 0 Å². The second-order valence-corrected chi connectivity index (χ2v) is 2.65. The highest BCUT2D eigenvalue weighted by Crippen LogP contribution is 2.36. The van der Waals surface area contributed by atoms with Crippen LogP contribution in [0.2, 0.25) is 0 Å². The summed E-state index contributed by atoms with van der Waals surface area (Å²) in [7, 11) is 0. The van der Waals surface area contributed by atoms with Crippen molar-refractivity contribution in [1.82, 2.24) is 0 Å². The van der Waals surface area contributed by atoms with Crippen LogP contribution >= 0.6 is 0 Å². The fourth-order valence-electron chi connectivity index (χ4n) is 1.01. The zero-order chi connectivity index (χ0) is 12.7. The van der Waals surface area contributed by atoms with Crippen molar-refractivity contribution in [1.29, 1.82) is 0 Å². The summed E-state index contributed by atoms with van der Waals surface area (Å²) in [5.74, 6) is -8.37. The smallest absolute Gasteiger partial charge is 0.203 e. The summed E-state index contributed by atoms with van der Waals surface area (Å²) in [6.45, 7) is 0. The van der Waals surface area contributed by atoms with Gasteiger partial charge >= 0.3 is 6.18 Å². The predicted molar refractivity (Wildman–Crippen MR) is 39.2 cm³/mol. The number of halogens is 7. The molecule has 0 nitrogen and oxygen atoms in total. The zero-order valence-corrected chi connectivity index (χ0v) is 7.22. The van der Waals surface area contributed by atoms with E-state index in [1.165, 1.54) is 5.92 Å². The second kappa shape index (κ2) is 3.70. The van der Waals surface area contributed by atoms with Crippen molar-refractivity contribution in [3.05, 3.63) is 34.4 Å². The lowest BCUT2D eigenvalue weighted by Crippen LogP contribution is -2.16. The number of hydrogen-bond donors (Lipinski definition) is 0. The van der Waals surface area contributed by atoms with Crippen LogP contribution in [-0.2, 0) is 6.18 Å². The Balaban J connectivity index is 3.76. The Labute approximate surface area is 84.7 Å². The van der Waals surface area contributed by atoms with Crippen LogP contribution in [0, 0.1) is 35.6 Å². The number of terminal acetylenes is 1. The lowest BCUT2D eigenvalue weighted by atomic mass is 10.1. The predicted octanol–water partition coefficient (Wildman–Crippen LogP) is 3.24. The van der Waals surface area contributed by atoms with Gasteiger partial charge in [0.05, 0.1) is 0 Å². The SMILES string of the molecule is C#Cc1c(F)c(F)c(C(F)(F)F)c(F)c1F. The van der Waals surface area contributed by atoms with E-state index in [9.17, 15) is 30.7 Å². The number of alkyl halides is 3. The van der Waals surface area contributed by atoms with Crippen molar-refractivity contribution in [2.45, 2.75) is 6.18 Å². The van der Waals surface area contributed by atoms with Crippen LogP contribution in [0.3, 0.4) is 0 Å². The summed E-state index contributed by atoms with van der Waals surface area (Å²) < 4.78 is 87.3. The van der Waals surface area contributed by atoms with Crippen LogP contribution in [-0.4, -0.2) is 0 Å². The Morgan fingerprint density at radius 1 is 0.812 bits per heavy atom. The van der Waals surface area contributed by atoms with Crippen LogP contribution in [0.25, 0.3) is 0 Å². The topological polar surface area (TPSA) is 0 Å². The molecule has 0 bridgehead atoms. The van der Waals surface area contributed by atoms with Gasteiger partial charge in [-0.25, -0.2) is 17.6 Å². The second-order valence-electron chi connectivity index (χ2n) is 2.65. The maximum absolute atomic E-state index is 12.8. The Bertz CT molecular complexity index is 449. The summed E-state index contributed by atoms with van der Waals surface area (Å²) in [6.07, 6.45) is -1.05. The van der Waals surface area contributed by atoms with Crippen LogP contribution < -0.4 is 0 Å². The van der Waals surface area contributed by atoms with E-state index in [4.69, 9.17) is 0 Å². The van der Waals surface area contributed by atoms with Gasteiger partial charge < -0.3 is 0 Å². The molecule has 0 aromatic heterocycles. The molecule has 0 amide bonds. The molecule has 0 saturated heterocycles. The molecule has 16 heavy (non-hydrogen) atoms. The standard InChI is InChI=1S/C9HF7/c1-2-3-5(10)7(12)4(9(14,15)16)8(13)6(3)11/h1H. The van der Waals surface area contributed by atoms with E-state index in [-0.39, 0.29) is 0 Å². The highest BCUT2D eigenvalue weighted by Gasteiger charge is 2.42. The molecular formula is C9HF7. The third-order valence-electron chi connectivity index (χ3n) is 1.69. The van der Waals surface area contributed by atoms with Gasteiger partial charge in [0, 0.05) is 0 Å². The number of benzene rings is 1. The summed E-state index contributed by atoms with van der Waals surface area (Å²) in [5, 5.41) is 0. The van der Waals surface area contributed by atoms with Crippen molar-refractivity contribution in [3.63, 3.8) is 0 Å². The number of hydrogen-bond acceptors (Lipinski definition) is 0. The van der Waals surface area contributed by atoms with Crippen molar-refractivity contribution >= 4 is 0 Å². The highest BCUT2D eigenvalue weighted by molar-refractivity contribution is 5.40. The first-order valence-electron chi connectivity index (χ1n) is 3.61. The van der Waals surface area contributed by atoms with Crippen molar-refractivity contribution in [3.8, 4) is 12.3 Å². The minimum absolute atomic E-state index is 1.23. The number of rotatable bonds is 0. The largest absolute Gasteiger partial charge is 0.422 e. The van der Waals surface area contributed by atoms with Crippen molar-refractivity contribution < 1.29 is 30.7 Å². The lowest BCUT2D eigenvalue weighted by molar-refractivity contribution is -0.143. The molecule has 0 aliphatic carbocycles. The van der Waals surface area contributed by atoms with Gasteiger partial charge in [-0.15, -0.1) is 6.42 Å². The molecule has 0 aliphatic rings. The van der Waals surface area contributed by atoms with E-state index in [1.807, 2.05) is 0 Å². The molecule has 0 saturated carbocycles. The van der Waals surface area contributed by atoms with E-state index in [0.29, 0.717) is 0 Å². The van der Waals surface area contributed by atoms with Crippen molar-refractivity contribution in [2.75, 3.05) is 0 Å².